The molecule has 0 radical (unpaired) electrons. The maximum Gasteiger partial charge on any atom is 0.221 e. The second-order valence-electron chi connectivity index (χ2n) is 8.24. The third-order valence-corrected chi connectivity index (χ3v) is 7.47. The number of methoxy groups -OCH3 is 1. The number of nitrogens with two attached hydrogens (primary N) is 1. The number of aryl methyl sites for hydroxylation is 1. The standard InChI is InChI=1S/C24H28N6O3S/c1-6-34(31,32)17-8-10-22(33-5)19(12-17)20-13-26-24(25)27-23(20)30(14(2)3)16-7-9-18-15(4)28-29-21(18)11-16/h7-14H,6H2,1-5H3,(H,28,29)(H2,25,26,27). The van der Waals surface area contributed by atoms with Gasteiger partial charge in [0.25, 0.3) is 0 Å². The Kier molecular flexibility index (Phi) is 6.18. The molecular weight excluding hydrogens is 452 g/mol. The third kappa shape index (κ3) is 4.16. The minimum absolute atomic E-state index is 0.00885. The molecule has 0 bridgehead atoms. The molecule has 178 valence electrons. The minimum Gasteiger partial charge on any atom is -0.496 e. The molecule has 9 nitrogen and oxygen atoms in total. The van der Waals surface area contributed by atoms with Crippen LogP contribution in [0.1, 0.15) is 26.5 Å². The summed E-state index contributed by atoms with van der Waals surface area (Å²) >= 11 is 0. The predicted molar refractivity (Wildman–Crippen MR) is 134 cm³/mol. The maximum atomic E-state index is 12.6. The highest BCUT2D eigenvalue weighted by atomic mass is 32.2. The number of anilines is 3. The lowest BCUT2D eigenvalue weighted by molar-refractivity contribution is 0.416. The van der Waals surface area contributed by atoms with Crippen molar-refractivity contribution in [2.75, 3.05) is 23.5 Å². The second kappa shape index (κ2) is 8.94. The van der Waals surface area contributed by atoms with E-state index in [1.54, 1.807) is 38.4 Å². The van der Waals surface area contributed by atoms with Crippen molar-refractivity contribution >= 4 is 38.2 Å². The van der Waals surface area contributed by atoms with E-state index in [0.29, 0.717) is 22.7 Å². The Labute approximate surface area is 198 Å². The summed E-state index contributed by atoms with van der Waals surface area (Å²) in [7, 11) is -1.89. The lowest BCUT2D eigenvalue weighted by Crippen LogP contribution is -2.27. The zero-order valence-corrected chi connectivity index (χ0v) is 20.6. The van der Waals surface area contributed by atoms with Crippen molar-refractivity contribution in [3.8, 4) is 16.9 Å². The lowest BCUT2D eigenvalue weighted by atomic mass is 10.0. The van der Waals surface area contributed by atoms with Gasteiger partial charge in [0.1, 0.15) is 11.6 Å². The summed E-state index contributed by atoms with van der Waals surface area (Å²) in [5, 5.41) is 8.44. The van der Waals surface area contributed by atoms with Crippen molar-refractivity contribution in [2.45, 2.75) is 38.6 Å². The first kappa shape index (κ1) is 23.5. The van der Waals surface area contributed by atoms with Crippen LogP contribution >= 0.6 is 0 Å². The smallest absolute Gasteiger partial charge is 0.221 e. The molecule has 34 heavy (non-hydrogen) atoms. The molecule has 0 saturated carbocycles. The van der Waals surface area contributed by atoms with Crippen LogP contribution in [0, 0.1) is 6.92 Å². The molecule has 0 spiro atoms. The molecule has 0 aliphatic carbocycles. The Bertz CT molecular complexity index is 1460. The first-order valence-corrected chi connectivity index (χ1v) is 12.6. The molecule has 0 unspecified atom stereocenters. The quantitative estimate of drug-likeness (QED) is 0.402. The molecule has 3 N–H and O–H groups in total. The molecule has 4 aromatic rings. The van der Waals surface area contributed by atoms with E-state index in [1.807, 2.05) is 43.9 Å². The molecule has 0 aliphatic rings. The number of benzene rings is 2. The van der Waals surface area contributed by atoms with E-state index in [2.05, 4.69) is 20.2 Å². The van der Waals surface area contributed by atoms with Gasteiger partial charge in [0.2, 0.25) is 5.95 Å². The summed E-state index contributed by atoms with van der Waals surface area (Å²) in [6.45, 7) is 7.67. The topological polar surface area (TPSA) is 127 Å². The number of sulfone groups is 1. The van der Waals surface area contributed by atoms with Crippen molar-refractivity contribution in [3.63, 3.8) is 0 Å². The van der Waals surface area contributed by atoms with Crippen molar-refractivity contribution < 1.29 is 13.2 Å². The Morgan fingerprint density at radius 1 is 1.15 bits per heavy atom. The van der Waals surface area contributed by atoms with Gasteiger partial charge in [0, 0.05) is 40.1 Å². The summed E-state index contributed by atoms with van der Waals surface area (Å²) in [5.41, 5.74) is 9.87. The number of hydrogen-bond donors (Lipinski definition) is 2. The van der Waals surface area contributed by atoms with E-state index in [-0.39, 0.29) is 22.6 Å². The molecule has 2 aromatic heterocycles. The van der Waals surface area contributed by atoms with Gasteiger partial charge in [0.05, 0.1) is 23.3 Å². The van der Waals surface area contributed by atoms with Gasteiger partial charge < -0.3 is 15.4 Å². The van der Waals surface area contributed by atoms with Gasteiger partial charge in [-0.15, -0.1) is 0 Å². The molecule has 2 aromatic carbocycles. The molecule has 10 heteroatoms. The summed E-state index contributed by atoms with van der Waals surface area (Å²) in [6.07, 6.45) is 1.60. The predicted octanol–water partition coefficient (Wildman–Crippen LogP) is 4.26. The van der Waals surface area contributed by atoms with Crippen LogP contribution in [-0.4, -0.2) is 47.5 Å². The van der Waals surface area contributed by atoms with Crippen LogP contribution in [0.4, 0.5) is 17.5 Å². The Morgan fingerprint density at radius 2 is 1.91 bits per heavy atom. The molecule has 0 saturated heterocycles. The maximum absolute atomic E-state index is 12.6. The van der Waals surface area contributed by atoms with Gasteiger partial charge >= 0.3 is 0 Å². The normalized spacial score (nSPS) is 11.8. The average molecular weight is 481 g/mol. The molecule has 0 fully saturated rings. The Balaban J connectivity index is 1.96. The van der Waals surface area contributed by atoms with Gasteiger partial charge in [-0.05, 0) is 57.2 Å². The lowest BCUT2D eigenvalue weighted by Gasteiger charge is -2.30. The highest BCUT2D eigenvalue weighted by molar-refractivity contribution is 7.91. The summed E-state index contributed by atoms with van der Waals surface area (Å²) in [5.74, 6) is 1.15. The van der Waals surface area contributed by atoms with Crippen LogP contribution in [0.2, 0.25) is 0 Å². The van der Waals surface area contributed by atoms with E-state index >= 15 is 0 Å². The number of hydrogen-bond acceptors (Lipinski definition) is 8. The van der Waals surface area contributed by atoms with Gasteiger partial charge in [-0.3, -0.25) is 5.10 Å². The SMILES string of the molecule is CCS(=O)(=O)c1ccc(OC)c(-c2cnc(N)nc2N(c2ccc3c(C)[nH]nc3c2)C(C)C)c1. The average Bonchev–Trinajstić information content (AvgIpc) is 3.19. The number of fused-ring (bicyclic) bond motifs is 1. The molecular formula is C24H28N6O3S. The van der Waals surface area contributed by atoms with E-state index in [0.717, 1.165) is 22.3 Å². The second-order valence-corrected chi connectivity index (χ2v) is 10.5. The highest BCUT2D eigenvalue weighted by Gasteiger charge is 2.24. The number of aromatic amines is 1. The van der Waals surface area contributed by atoms with E-state index < -0.39 is 9.84 Å². The van der Waals surface area contributed by atoms with Crippen LogP contribution in [0.3, 0.4) is 0 Å². The largest absolute Gasteiger partial charge is 0.496 e. The number of aromatic nitrogens is 4. The number of nitrogens with zero attached hydrogens (tertiary/aromatic N) is 4. The molecule has 0 aliphatic heterocycles. The third-order valence-electron chi connectivity index (χ3n) is 5.74. The van der Waals surface area contributed by atoms with Crippen molar-refractivity contribution in [2.24, 2.45) is 0 Å². The van der Waals surface area contributed by atoms with Crippen molar-refractivity contribution in [1.29, 1.82) is 0 Å². The van der Waals surface area contributed by atoms with Gasteiger partial charge in [0.15, 0.2) is 9.84 Å². The van der Waals surface area contributed by atoms with Crippen molar-refractivity contribution in [3.05, 3.63) is 48.3 Å². The number of nitrogens with one attached hydrogen (secondary N) is 1. The minimum atomic E-state index is -3.43. The van der Waals surface area contributed by atoms with E-state index in [9.17, 15) is 8.42 Å². The van der Waals surface area contributed by atoms with Crippen molar-refractivity contribution in [1.82, 2.24) is 20.2 Å². The first-order valence-electron chi connectivity index (χ1n) is 10.9. The number of rotatable bonds is 7. The fourth-order valence-electron chi connectivity index (χ4n) is 3.97. The zero-order valence-electron chi connectivity index (χ0n) is 19.8. The van der Waals surface area contributed by atoms with Crippen LogP contribution in [-0.2, 0) is 9.84 Å². The molecule has 2 heterocycles. The van der Waals surface area contributed by atoms with Gasteiger partial charge in [-0.25, -0.2) is 13.4 Å². The fraction of sp³-hybridized carbons (Fsp3) is 0.292. The molecule has 0 atom stereocenters. The highest BCUT2D eigenvalue weighted by Crippen LogP contribution is 2.40. The number of nitrogen functional groups attached to an aromatic ring is 1. The van der Waals surface area contributed by atoms with Gasteiger partial charge in [-0.1, -0.05) is 6.92 Å². The zero-order chi connectivity index (χ0) is 24.6. The fourth-order valence-corrected chi connectivity index (χ4v) is 4.87. The monoisotopic (exact) mass is 480 g/mol. The van der Waals surface area contributed by atoms with Crippen LogP contribution < -0.4 is 15.4 Å². The first-order chi connectivity index (χ1) is 16.2. The number of H-pyrrole nitrogens is 1. The van der Waals surface area contributed by atoms with Crippen LogP contribution in [0.25, 0.3) is 22.0 Å². The van der Waals surface area contributed by atoms with E-state index in [4.69, 9.17) is 10.5 Å². The Hall–Kier alpha value is -3.66. The van der Waals surface area contributed by atoms with E-state index in [1.165, 1.54) is 0 Å². The van der Waals surface area contributed by atoms with Crippen LogP contribution in [0.5, 0.6) is 5.75 Å². The number of ether oxygens (including phenoxy) is 1. The molecule has 4 rings (SSSR count). The van der Waals surface area contributed by atoms with Crippen LogP contribution in [0.15, 0.2) is 47.5 Å². The summed E-state index contributed by atoms with van der Waals surface area (Å²) in [4.78, 5) is 11.0. The summed E-state index contributed by atoms with van der Waals surface area (Å²) in [6, 6.07) is 10.8. The summed E-state index contributed by atoms with van der Waals surface area (Å²) < 4.78 is 30.8. The van der Waals surface area contributed by atoms with Gasteiger partial charge in [-0.2, -0.15) is 10.1 Å². The Morgan fingerprint density at radius 3 is 2.59 bits per heavy atom. The molecule has 0 amide bonds.